The summed E-state index contributed by atoms with van der Waals surface area (Å²) in [6.45, 7) is 6.36. The van der Waals surface area contributed by atoms with Crippen molar-refractivity contribution in [3.63, 3.8) is 0 Å². The van der Waals surface area contributed by atoms with Crippen molar-refractivity contribution >= 4 is 23.4 Å². The molecule has 0 unspecified atom stereocenters. The van der Waals surface area contributed by atoms with Gasteiger partial charge in [0.2, 0.25) is 0 Å². The largest absolute Gasteiger partial charge is 0.315 e. The molecular weight excluding hydrogens is 238 g/mol. The van der Waals surface area contributed by atoms with Gasteiger partial charge in [0.1, 0.15) is 0 Å². The lowest BCUT2D eigenvalue weighted by Crippen LogP contribution is -2.32. The van der Waals surface area contributed by atoms with E-state index in [1.165, 1.54) is 4.90 Å². The maximum absolute atomic E-state index is 5.86. The van der Waals surface area contributed by atoms with Crippen LogP contribution in [0.5, 0.6) is 0 Å². The number of hydrogen-bond acceptors (Lipinski definition) is 2. The molecule has 0 aromatic heterocycles. The van der Waals surface area contributed by atoms with Crippen LogP contribution in [0.3, 0.4) is 0 Å². The number of hydrogen-bond donors (Lipinski definition) is 1. The van der Waals surface area contributed by atoms with E-state index in [4.69, 9.17) is 11.6 Å². The Morgan fingerprint density at radius 1 is 1.25 bits per heavy atom. The van der Waals surface area contributed by atoms with E-state index < -0.39 is 0 Å². The highest BCUT2D eigenvalue weighted by molar-refractivity contribution is 7.99. The molecule has 0 aliphatic carbocycles. The zero-order chi connectivity index (χ0) is 11.9. The number of thioether (sulfide) groups is 1. The zero-order valence-electron chi connectivity index (χ0n) is 10.0. The molecule has 1 aromatic rings. The van der Waals surface area contributed by atoms with E-state index in [-0.39, 0.29) is 5.41 Å². The quantitative estimate of drug-likeness (QED) is 0.455. The summed E-state index contributed by atoms with van der Waals surface area (Å²) in [5.41, 5.74) is 0.193. The molecule has 1 N–H and O–H groups in total. The number of nitrogens with one attached hydrogen (secondary N) is 1. The first kappa shape index (κ1) is 13.9. The van der Waals surface area contributed by atoms with Gasteiger partial charge in [-0.25, -0.2) is 0 Å². The van der Waals surface area contributed by atoms with Crippen LogP contribution >= 0.6 is 23.4 Å². The molecule has 0 aliphatic heterocycles. The molecule has 0 saturated carbocycles. The standard InChI is InChI=1S/C13H20ClNS/c1-13(2,10-14)11-15-8-9-16-12-6-4-3-5-7-12/h3-7,15H,8-11H2,1-2H3. The van der Waals surface area contributed by atoms with E-state index in [1.807, 2.05) is 17.8 Å². The smallest absolute Gasteiger partial charge is 0.0286 e. The first-order valence-corrected chi connectivity index (χ1v) is 7.11. The van der Waals surface area contributed by atoms with E-state index in [1.54, 1.807) is 0 Å². The highest BCUT2D eigenvalue weighted by Gasteiger charge is 2.14. The van der Waals surface area contributed by atoms with E-state index in [0.717, 1.165) is 18.8 Å². The minimum atomic E-state index is 0.193. The van der Waals surface area contributed by atoms with Gasteiger partial charge in [0.15, 0.2) is 0 Å². The summed E-state index contributed by atoms with van der Waals surface area (Å²) in [4.78, 5) is 1.33. The first-order chi connectivity index (χ1) is 7.64. The summed E-state index contributed by atoms with van der Waals surface area (Å²) in [5.74, 6) is 1.80. The maximum Gasteiger partial charge on any atom is 0.0286 e. The molecule has 0 radical (unpaired) electrons. The van der Waals surface area contributed by atoms with Crippen molar-refractivity contribution in [3.05, 3.63) is 30.3 Å². The van der Waals surface area contributed by atoms with Crippen LogP contribution in [0.25, 0.3) is 0 Å². The minimum Gasteiger partial charge on any atom is -0.315 e. The maximum atomic E-state index is 5.86. The van der Waals surface area contributed by atoms with E-state index >= 15 is 0 Å². The Bertz CT molecular complexity index is 287. The number of halogens is 1. The minimum absolute atomic E-state index is 0.193. The van der Waals surface area contributed by atoms with Gasteiger partial charge >= 0.3 is 0 Å². The average molecular weight is 258 g/mol. The Kier molecular flexibility index (Phi) is 6.25. The SMILES string of the molecule is CC(C)(CCl)CNCCSc1ccccc1. The molecule has 1 rings (SSSR count). The van der Waals surface area contributed by atoms with Crippen LogP contribution in [0, 0.1) is 5.41 Å². The van der Waals surface area contributed by atoms with Gasteiger partial charge in [0.05, 0.1) is 0 Å². The summed E-state index contributed by atoms with van der Waals surface area (Å²) in [5, 5.41) is 3.44. The van der Waals surface area contributed by atoms with Gasteiger partial charge in [0.25, 0.3) is 0 Å². The van der Waals surface area contributed by atoms with Crippen molar-refractivity contribution in [2.75, 3.05) is 24.7 Å². The van der Waals surface area contributed by atoms with E-state index in [2.05, 4.69) is 43.4 Å². The Labute approximate surface area is 108 Å². The van der Waals surface area contributed by atoms with Crippen LogP contribution in [0.4, 0.5) is 0 Å². The highest BCUT2D eigenvalue weighted by atomic mass is 35.5. The van der Waals surface area contributed by atoms with E-state index in [9.17, 15) is 0 Å². The molecule has 1 aromatic carbocycles. The fraction of sp³-hybridized carbons (Fsp3) is 0.538. The van der Waals surface area contributed by atoms with Crippen molar-refractivity contribution in [3.8, 4) is 0 Å². The number of alkyl halides is 1. The van der Waals surface area contributed by atoms with E-state index in [0.29, 0.717) is 5.88 Å². The van der Waals surface area contributed by atoms with Crippen LogP contribution in [-0.2, 0) is 0 Å². The van der Waals surface area contributed by atoms with Crippen LogP contribution in [0.2, 0.25) is 0 Å². The highest BCUT2D eigenvalue weighted by Crippen LogP contribution is 2.17. The molecule has 0 spiro atoms. The Hall–Kier alpha value is -0.180. The molecule has 16 heavy (non-hydrogen) atoms. The molecule has 90 valence electrons. The van der Waals surface area contributed by atoms with Crippen molar-refractivity contribution in [1.82, 2.24) is 5.32 Å². The van der Waals surface area contributed by atoms with Gasteiger partial charge in [-0.2, -0.15) is 0 Å². The van der Waals surface area contributed by atoms with Gasteiger partial charge in [-0.1, -0.05) is 32.0 Å². The average Bonchev–Trinajstić information content (AvgIpc) is 2.30. The lowest BCUT2D eigenvalue weighted by atomic mass is 9.97. The third-order valence-corrected chi connectivity index (χ3v) is 3.99. The molecule has 0 aliphatic rings. The van der Waals surface area contributed by atoms with Crippen LogP contribution in [-0.4, -0.2) is 24.7 Å². The normalized spacial score (nSPS) is 11.7. The molecule has 0 saturated heterocycles. The van der Waals surface area contributed by atoms with Gasteiger partial charge in [-0.3, -0.25) is 0 Å². The second kappa shape index (κ2) is 7.21. The van der Waals surface area contributed by atoms with Crippen molar-refractivity contribution in [1.29, 1.82) is 0 Å². The van der Waals surface area contributed by atoms with Gasteiger partial charge in [-0.05, 0) is 17.5 Å². The summed E-state index contributed by atoms with van der Waals surface area (Å²) in [6.07, 6.45) is 0. The Morgan fingerprint density at radius 3 is 2.56 bits per heavy atom. The second-order valence-corrected chi connectivity index (χ2v) is 6.07. The third-order valence-electron chi connectivity index (χ3n) is 2.26. The molecule has 1 nitrogen and oxygen atoms in total. The predicted octanol–water partition coefficient (Wildman–Crippen LogP) is 3.63. The summed E-state index contributed by atoms with van der Waals surface area (Å²) in [6, 6.07) is 10.5. The summed E-state index contributed by atoms with van der Waals surface area (Å²) in [7, 11) is 0. The lowest BCUT2D eigenvalue weighted by Gasteiger charge is -2.21. The van der Waals surface area contributed by atoms with Crippen LogP contribution in [0.15, 0.2) is 35.2 Å². The Balaban J connectivity index is 2.09. The molecule has 0 bridgehead atoms. The Morgan fingerprint density at radius 2 is 1.94 bits per heavy atom. The summed E-state index contributed by atoms with van der Waals surface area (Å²) >= 11 is 7.74. The second-order valence-electron chi connectivity index (χ2n) is 4.64. The van der Waals surface area contributed by atoms with Gasteiger partial charge < -0.3 is 5.32 Å². The fourth-order valence-electron chi connectivity index (χ4n) is 1.23. The number of rotatable bonds is 7. The molecule has 3 heteroatoms. The lowest BCUT2D eigenvalue weighted by molar-refractivity contribution is 0.391. The zero-order valence-corrected chi connectivity index (χ0v) is 11.6. The van der Waals surface area contributed by atoms with Crippen molar-refractivity contribution < 1.29 is 0 Å². The molecule has 0 fully saturated rings. The van der Waals surface area contributed by atoms with Gasteiger partial charge in [0, 0.05) is 29.6 Å². The van der Waals surface area contributed by atoms with Crippen LogP contribution < -0.4 is 5.32 Å². The molecule has 0 heterocycles. The predicted molar refractivity (Wildman–Crippen MR) is 74.5 cm³/mol. The van der Waals surface area contributed by atoms with Crippen molar-refractivity contribution in [2.45, 2.75) is 18.7 Å². The number of benzene rings is 1. The monoisotopic (exact) mass is 257 g/mol. The van der Waals surface area contributed by atoms with Crippen molar-refractivity contribution in [2.24, 2.45) is 5.41 Å². The topological polar surface area (TPSA) is 12.0 Å². The van der Waals surface area contributed by atoms with Gasteiger partial charge in [-0.15, -0.1) is 23.4 Å². The summed E-state index contributed by atoms with van der Waals surface area (Å²) < 4.78 is 0. The fourth-order valence-corrected chi connectivity index (χ4v) is 2.16. The molecule has 0 amide bonds. The molecule has 0 atom stereocenters. The molecular formula is C13H20ClNS. The van der Waals surface area contributed by atoms with Crippen LogP contribution in [0.1, 0.15) is 13.8 Å². The first-order valence-electron chi connectivity index (χ1n) is 5.58. The third kappa shape index (κ3) is 5.78.